The number of ether oxygens (including phenoxy) is 1. The SMILES string of the molecule is N#CCCOC(=O)Cc1ccccc1C(=O)O. The Bertz CT molecular complexity index is 462. The highest BCUT2D eigenvalue weighted by Crippen LogP contribution is 2.10. The summed E-state index contributed by atoms with van der Waals surface area (Å²) < 4.78 is 4.77. The average Bonchev–Trinajstić information content (AvgIpc) is 2.29. The highest BCUT2D eigenvalue weighted by molar-refractivity contribution is 5.91. The first-order chi connectivity index (χ1) is 8.15. The van der Waals surface area contributed by atoms with Gasteiger partial charge >= 0.3 is 11.9 Å². The third-order valence-electron chi connectivity index (χ3n) is 2.06. The summed E-state index contributed by atoms with van der Waals surface area (Å²) in [5.74, 6) is -1.61. The minimum atomic E-state index is -1.08. The van der Waals surface area contributed by atoms with Crippen LogP contribution in [0.25, 0.3) is 0 Å². The number of esters is 1. The van der Waals surface area contributed by atoms with Crippen LogP contribution >= 0.6 is 0 Å². The van der Waals surface area contributed by atoms with Gasteiger partial charge in [-0.25, -0.2) is 4.79 Å². The Morgan fingerprint density at radius 2 is 2.06 bits per heavy atom. The third-order valence-corrected chi connectivity index (χ3v) is 2.06. The van der Waals surface area contributed by atoms with E-state index < -0.39 is 11.9 Å². The quantitative estimate of drug-likeness (QED) is 0.613. The molecule has 0 radical (unpaired) electrons. The Morgan fingerprint density at radius 1 is 1.35 bits per heavy atom. The normalized spacial score (nSPS) is 9.35. The van der Waals surface area contributed by atoms with Crippen LogP contribution in [0.4, 0.5) is 0 Å². The Hall–Kier alpha value is -2.35. The minimum Gasteiger partial charge on any atom is -0.478 e. The predicted octanol–water partition coefficient (Wildman–Crippen LogP) is 1.38. The zero-order chi connectivity index (χ0) is 12.7. The molecule has 0 bridgehead atoms. The molecule has 5 nitrogen and oxygen atoms in total. The number of carboxylic acids is 1. The number of nitrogens with zero attached hydrogens (tertiary/aromatic N) is 1. The minimum absolute atomic E-state index is 0.0323. The van der Waals surface area contributed by atoms with Crippen LogP contribution in [-0.2, 0) is 16.0 Å². The van der Waals surface area contributed by atoms with Crippen LogP contribution in [0.3, 0.4) is 0 Å². The summed E-state index contributed by atoms with van der Waals surface area (Å²) >= 11 is 0. The lowest BCUT2D eigenvalue weighted by molar-refractivity contribution is -0.142. The fourth-order valence-corrected chi connectivity index (χ4v) is 1.30. The lowest BCUT2D eigenvalue weighted by atomic mass is 10.1. The van der Waals surface area contributed by atoms with Crippen molar-refractivity contribution in [2.75, 3.05) is 6.61 Å². The summed E-state index contributed by atoms with van der Waals surface area (Å²) in [6.45, 7) is 0.0323. The number of carboxylic acid groups (broad SMARTS) is 1. The van der Waals surface area contributed by atoms with Crippen molar-refractivity contribution in [3.8, 4) is 6.07 Å². The third kappa shape index (κ3) is 3.95. The van der Waals surface area contributed by atoms with Gasteiger partial charge in [-0.3, -0.25) is 4.79 Å². The molecule has 88 valence electrons. The fraction of sp³-hybridized carbons (Fsp3) is 0.250. The van der Waals surface area contributed by atoms with E-state index in [4.69, 9.17) is 15.1 Å². The number of nitriles is 1. The molecule has 0 saturated carbocycles. The van der Waals surface area contributed by atoms with Gasteiger partial charge < -0.3 is 9.84 Å². The molecule has 0 saturated heterocycles. The van der Waals surface area contributed by atoms with Crippen LogP contribution in [0.1, 0.15) is 22.3 Å². The Morgan fingerprint density at radius 3 is 2.71 bits per heavy atom. The summed E-state index contributed by atoms with van der Waals surface area (Å²) in [7, 11) is 0. The number of rotatable bonds is 5. The van der Waals surface area contributed by atoms with Crippen molar-refractivity contribution < 1.29 is 19.4 Å². The smallest absolute Gasteiger partial charge is 0.335 e. The van der Waals surface area contributed by atoms with Crippen LogP contribution < -0.4 is 0 Å². The average molecular weight is 233 g/mol. The van der Waals surface area contributed by atoms with E-state index in [0.29, 0.717) is 5.56 Å². The van der Waals surface area contributed by atoms with Gasteiger partial charge in [0.25, 0.3) is 0 Å². The zero-order valence-electron chi connectivity index (χ0n) is 9.05. The van der Waals surface area contributed by atoms with E-state index in [9.17, 15) is 9.59 Å². The van der Waals surface area contributed by atoms with E-state index in [1.807, 2.05) is 6.07 Å². The fourth-order valence-electron chi connectivity index (χ4n) is 1.30. The molecule has 1 aromatic rings. The van der Waals surface area contributed by atoms with Gasteiger partial charge in [-0.1, -0.05) is 18.2 Å². The largest absolute Gasteiger partial charge is 0.478 e. The summed E-state index contributed by atoms with van der Waals surface area (Å²) in [4.78, 5) is 22.2. The monoisotopic (exact) mass is 233 g/mol. The Kier molecular flexibility index (Phi) is 4.70. The number of hydrogen-bond acceptors (Lipinski definition) is 4. The molecule has 1 N–H and O–H groups in total. The van der Waals surface area contributed by atoms with Crippen molar-refractivity contribution in [2.45, 2.75) is 12.8 Å². The zero-order valence-corrected chi connectivity index (χ0v) is 9.05. The molecule has 17 heavy (non-hydrogen) atoms. The van der Waals surface area contributed by atoms with Gasteiger partial charge in [-0.2, -0.15) is 5.26 Å². The number of benzene rings is 1. The predicted molar refractivity (Wildman–Crippen MR) is 58.3 cm³/mol. The van der Waals surface area contributed by atoms with Crippen LogP contribution in [-0.4, -0.2) is 23.7 Å². The molecule has 0 aliphatic rings. The van der Waals surface area contributed by atoms with Crippen molar-refractivity contribution in [2.24, 2.45) is 0 Å². The molecule has 0 aliphatic heterocycles. The van der Waals surface area contributed by atoms with Crippen molar-refractivity contribution >= 4 is 11.9 Å². The second kappa shape index (κ2) is 6.28. The van der Waals surface area contributed by atoms with E-state index in [1.165, 1.54) is 6.07 Å². The molecule has 0 heterocycles. The summed E-state index contributed by atoms with van der Waals surface area (Å²) in [6, 6.07) is 8.09. The highest BCUT2D eigenvalue weighted by Gasteiger charge is 2.12. The summed E-state index contributed by atoms with van der Waals surface area (Å²) in [5, 5.41) is 17.2. The second-order valence-electron chi connectivity index (χ2n) is 3.27. The lowest BCUT2D eigenvalue weighted by Gasteiger charge is -2.05. The Labute approximate surface area is 98.2 Å². The standard InChI is InChI=1S/C12H11NO4/c13-6-3-7-17-11(14)8-9-4-1-2-5-10(9)12(15)16/h1-2,4-5H,3,7-8H2,(H,15,16). The molecule has 0 amide bonds. The first-order valence-corrected chi connectivity index (χ1v) is 4.99. The molecule has 1 aromatic carbocycles. The summed E-state index contributed by atoms with van der Waals surface area (Å²) in [6.07, 6.45) is 0.0280. The molecule has 0 aliphatic carbocycles. The molecule has 0 fully saturated rings. The van der Waals surface area contributed by atoms with Gasteiger partial charge in [0.15, 0.2) is 0 Å². The van der Waals surface area contributed by atoms with Gasteiger partial charge in [0, 0.05) is 0 Å². The van der Waals surface area contributed by atoms with E-state index >= 15 is 0 Å². The van der Waals surface area contributed by atoms with Crippen LogP contribution in [0.2, 0.25) is 0 Å². The maximum atomic E-state index is 11.3. The lowest BCUT2D eigenvalue weighted by Crippen LogP contribution is -2.12. The van der Waals surface area contributed by atoms with Crippen LogP contribution in [0, 0.1) is 11.3 Å². The molecule has 1 rings (SSSR count). The number of aromatic carboxylic acids is 1. The molecule has 0 unspecified atom stereocenters. The van der Waals surface area contributed by atoms with Crippen LogP contribution in [0.5, 0.6) is 0 Å². The molecule has 0 spiro atoms. The van der Waals surface area contributed by atoms with E-state index in [-0.39, 0.29) is 25.0 Å². The molecule has 5 heteroatoms. The maximum absolute atomic E-state index is 11.3. The van der Waals surface area contributed by atoms with E-state index in [0.717, 1.165) is 0 Å². The number of carbonyl (C=O) groups excluding carboxylic acids is 1. The first-order valence-electron chi connectivity index (χ1n) is 4.99. The molecule has 0 aromatic heterocycles. The van der Waals surface area contributed by atoms with Gasteiger partial charge in [0.2, 0.25) is 0 Å². The van der Waals surface area contributed by atoms with Crippen LogP contribution in [0.15, 0.2) is 24.3 Å². The summed E-state index contributed by atoms with van der Waals surface area (Å²) in [5.41, 5.74) is 0.492. The van der Waals surface area contributed by atoms with Gasteiger partial charge in [0.05, 0.1) is 24.5 Å². The van der Waals surface area contributed by atoms with Crippen molar-refractivity contribution in [1.82, 2.24) is 0 Å². The van der Waals surface area contributed by atoms with Gasteiger partial charge in [0.1, 0.15) is 6.61 Å². The van der Waals surface area contributed by atoms with Gasteiger partial charge in [-0.15, -0.1) is 0 Å². The van der Waals surface area contributed by atoms with Gasteiger partial charge in [-0.05, 0) is 11.6 Å². The Balaban J connectivity index is 2.65. The van der Waals surface area contributed by atoms with E-state index in [2.05, 4.69) is 0 Å². The van der Waals surface area contributed by atoms with Crippen molar-refractivity contribution in [3.05, 3.63) is 35.4 Å². The highest BCUT2D eigenvalue weighted by atomic mass is 16.5. The second-order valence-corrected chi connectivity index (χ2v) is 3.27. The van der Waals surface area contributed by atoms with Crippen molar-refractivity contribution in [1.29, 1.82) is 5.26 Å². The maximum Gasteiger partial charge on any atom is 0.335 e. The number of carbonyl (C=O) groups is 2. The first kappa shape index (κ1) is 12.7. The molecule has 0 atom stereocenters. The molecular weight excluding hydrogens is 222 g/mol. The van der Waals surface area contributed by atoms with E-state index in [1.54, 1.807) is 18.2 Å². The molecular formula is C12H11NO4. The van der Waals surface area contributed by atoms with Crippen molar-refractivity contribution in [3.63, 3.8) is 0 Å². The topological polar surface area (TPSA) is 87.4 Å². The number of hydrogen-bond donors (Lipinski definition) is 1.